The first kappa shape index (κ1) is 10.2. The van der Waals surface area contributed by atoms with Crippen molar-refractivity contribution in [2.75, 3.05) is 13.1 Å². The van der Waals surface area contributed by atoms with Gasteiger partial charge in [0.15, 0.2) is 4.91 Å². The van der Waals surface area contributed by atoms with Crippen LogP contribution >= 0.6 is 0 Å². The molecule has 2 rings (SSSR count). The van der Waals surface area contributed by atoms with Crippen molar-refractivity contribution >= 4 is 21.8 Å². The Morgan fingerprint density at radius 2 is 2.00 bits per heavy atom. The number of nitrogens with two attached hydrogens (primary N) is 1. The Hall–Kier alpha value is -1.37. The van der Waals surface area contributed by atoms with Gasteiger partial charge < -0.3 is 10.6 Å². The third-order valence-corrected chi connectivity index (χ3v) is 3.69. The van der Waals surface area contributed by atoms with Crippen molar-refractivity contribution in [3.05, 3.63) is 11.0 Å². The van der Waals surface area contributed by atoms with E-state index in [-0.39, 0.29) is 10.7 Å². The van der Waals surface area contributed by atoms with E-state index in [4.69, 9.17) is 5.73 Å². The van der Waals surface area contributed by atoms with Gasteiger partial charge in [0.05, 0.1) is 0 Å². The van der Waals surface area contributed by atoms with Crippen LogP contribution in [0.2, 0.25) is 0 Å². The Bertz CT molecular complexity index is 458. The molecule has 0 radical (unpaired) electrons. The fourth-order valence-corrected chi connectivity index (χ4v) is 2.72. The molecule has 2 N–H and O–H groups in total. The maximum Gasteiger partial charge on any atom is 0.289 e. The lowest BCUT2D eigenvalue weighted by Gasteiger charge is -2.14. The van der Waals surface area contributed by atoms with Crippen LogP contribution in [0.25, 0.3) is 0 Å². The minimum absolute atomic E-state index is 0.127. The zero-order chi connectivity index (χ0) is 11.1. The molecule has 0 bridgehead atoms. The van der Waals surface area contributed by atoms with Crippen molar-refractivity contribution in [2.45, 2.75) is 12.8 Å². The summed E-state index contributed by atoms with van der Waals surface area (Å²) in [5.41, 5.74) is 5.26. The summed E-state index contributed by atoms with van der Waals surface area (Å²) >= 11 is 0. The van der Waals surface area contributed by atoms with Gasteiger partial charge in [0.1, 0.15) is 5.84 Å². The molecule has 6 nitrogen and oxygen atoms in total. The highest BCUT2D eigenvalue weighted by Crippen LogP contribution is 2.20. The predicted octanol–water partition coefficient (Wildman–Crippen LogP) is -0.807. The summed E-state index contributed by atoms with van der Waals surface area (Å²) in [6.07, 6.45) is 2.95. The zero-order valence-electron chi connectivity index (χ0n) is 8.01. The maximum atomic E-state index is 11.8. The molecule has 0 saturated carbocycles. The second kappa shape index (κ2) is 3.34. The number of sulfonamides is 1. The summed E-state index contributed by atoms with van der Waals surface area (Å²) in [6.45, 7) is 1.21. The largest absolute Gasteiger partial charge is 0.383 e. The van der Waals surface area contributed by atoms with Crippen LogP contribution in [0.1, 0.15) is 12.8 Å². The fraction of sp³-hybridized carbons (Fsp3) is 0.500. The molecule has 0 unspecified atom stereocenters. The summed E-state index contributed by atoms with van der Waals surface area (Å²) in [7, 11) is -3.84. The Labute approximate surface area is 87.5 Å². The van der Waals surface area contributed by atoms with Gasteiger partial charge >= 0.3 is 0 Å². The molecule has 1 saturated heterocycles. The summed E-state index contributed by atoms with van der Waals surface area (Å²) in [4.78, 5) is 13.0. The number of likely N-dealkylation sites (tertiary alicyclic amines) is 1. The molecule has 2 aliphatic rings. The summed E-state index contributed by atoms with van der Waals surface area (Å²) in [5, 5.41) is 0. The second-order valence-corrected chi connectivity index (χ2v) is 5.07. The molecule has 0 spiro atoms. The van der Waals surface area contributed by atoms with Crippen LogP contribution in [0, 0.1) is 0 Å². The van der Waals surface area contributed by atoms with Gasteiger partial charge in [-0.3, -0.25) is 4.79 Å². The van der Waals surface area contributed by atoms with Crippen LogP contribution in [0.3, 0.4) is 0 Å². The first-order valence-corrected chi connectivity index (χ1v) is 6.06. The van der Waals surface area contributed by atoms with E-state index in [1.807, 2.05) is 0 Å². The summed E-state index contributed by atoms with van der Waals surface area (Å²) in [5.74, 6) is -0.616. The van der Waals surface area contributed by atoms with Crippen LogP contribution < -0.4 is 5.73 Å². The quantitative estimate of drug-likeness (QED) is 0.636. The first-order chi connectivity index (χ1) is 7.00. The van der Waals surface area contributed by atoms with Crippen LogP contribution in [0.15, 0.2) is 15.4 Å². The maximum absolute atomic E-state index is 11.8. The number of carbonyl (C=O) groups is 1. The van der Waals surface area contributed by atoms with E-state index in [1.165, 1.54) is 4.90 Å². The first-order valence-electron chi connectivity index (χ1n) is 4.62. The minimum atomic E-state index is -3.84. The standard InChI is InChI=1S/C8H11N3O3S/c9-7-5-6(15(13,14)10-7)8(12)11-3-1-2-4-11/h5H,1-4H2,(H2,9,10). The van der Waals surface area contributed by atoms with E-state index in [0.717, 1.165) is 18.9 Å². The van der Waals surface area contributed by atoms with Crippen molar-refractivity contribution in [3.63, 3.8) is 0 Å². The number of carbonyl (C=O) groups excluding carboxylic acids is 1. The number of hydrogen-bond acceptors (Lipinski definition) is 4. The number of rotatable bonds is 1. The highest BCUT2D eigenvalue weighted by atomic mass is 32.2. The van der Waals surface area contributed by atoms with Crippen molar-refractivity contribution in [1.82, 2.24) is 4.90 Å². The average Bonchev–Trinajstić information content (AvgIpc) is 2.71. The zero-order valence-corrected chi connectivity index (χ0v) is 8.83. The lowest BCUT2D eigenvalue weighted by molar-refractivity contribution is -0.125. The highest BCUT2D eigenvalue weighted by Gasteiger charge is 2.33. The fourth-order valence-electron chi connectivity index (χ4n) is 1.67. The third-order valence-electron chi connectivity index (χ3n) is 2.39. The van der Waals surface area contributed by atoms with Gasteiger partial charge in [0.2, 0.25) is 0 Å². The van der Waals surface area contributed by atoms with Crippen molar-refractivity contribution in [3.8, 4) is 0 Å². The molecular weight excluding hydrogens is 218 g/mol. The van der Waals surface area contributed by atoms with Gasteiger partial charge in [-0.2, -0.15) is 8.42 Å². The number of amidine groups is 1. The van der Waals surface area contributed by atoms with E-state index >= 15 is 0 Å². The van der Waals surface area contributed by atoms with Crippen LogP contribution in [-0.2, 0) is 14.8 Å². The van der Waals surface area contributed by atoms with E-state index in [1.54, 1.807) is 0 Å². The van der Waals surface area contributed by atoms with E-state index in [2.05, 4.69) is 4.40 Å². The van der Waals surface area contributed by atoms with Gasteiger partial charge in [-0.15, -0.1) is 4.40 Å². The lowest BCUT2D eigenvalue weighted by atomic mass is 10.4. The molecule has 2 heterocycles. The number of amides is 1. The molecule has 0 atom stereocenters. The second-order valence-electron chi connectivity index (χ2n) is 3.50. The minimum Gasteiger partial charge on any atom is -0.383 e. The summed E-state index contributed by atoms with van der Waals surface area (Å²) in [6, 6.07) is 0. The molecule has 82 valence electrons. The van der Waals surface area contributed by atoms with Gasteiger partial charge in [-0.1, -0.05) is 0 Å². The topological polar surface area (TPSA) is 92.8 Å². The number of hydrogen-bond donors (Lipinski definition) is 1. The third kappa shape index (κ3) is 1.74. The average molecular weight is 229 g/mol. The highest BCUT2D eigenvalue weighted by molar-refractivity contribution is 7.95. The van der Waals surface area contributed by atoms with Gasteiger partial charge in [-0.25, -0.2) is 0 Å². The Morgan fingerprint density at radius 1 is 1.40 bits per heavy atom. The Morgan fingerprint density at radius 3 is 2.47 bits per heavy atom. The molecular formula is C8H11N3O3S. The Balaban J connectivity index is 2.26. The van der Waals surface area contributed by atoms with Crippen molar-refractivity contribution < 1.29 is 13.2 Å². The van der Waals surface area contributed by atoms with Crippen LogP contribution in [0.5, 0.6) is 0 Å². The number of nitrogens with zero attached hydrogens (tertiary/aromatic N) is 2. The molecule has 0 aromatic carbocycles. The van der Waals surface area contributed by atoms with Crippen LogP contribution in [0.4, 0.5) is 0 Å². The summed E-state index contributed by atoms with van der Waals surface area (Å²) < 4.78 is 26.0. The van der Waals surface area contributed by atoms with E-state index in [9.17, 15) is 13.2 Å². The van der Waals surface area contributed by atoms with Gasteiger partial charge in [0, 0.05) is 19.2 Å². The van der Waals surface area contributed by atoms with E-state index in [0.29, 0.717) is 13.1 Å². The van der Waals surface area contributed by atoms with Crippen molar-refractivity contribution in [1.29, 1.82) is 0 Å². The SMILES string of the molecule is NC1=NS(=O)(=O)C(C(=O)N2CCCC2)=C1. The molecule has 1 fully saturated rings. The smallest absolute Gasteiger partial charge is 0.289 e. The molecule has 1 amide bonds. The van der Waals surface area contributed by atoms with Gasteiger partial charge in [0.25, 0.3) is 15.9 Å². The van der Waals surface area contributed by atoms with Crippen LogP contribution in [-0.4, -0.2) is 38.2 Å². The lowest BCUT2D eigenvalue weighted by Crippen LogP contribution is -2.30. The molecule has 0 aromatic rings. The van der Waals surface area contributed by atoms with Crippen molar-refractivity contribution in [2.24, 2.45) is 10.1 Å². The molecule has 2 aliphatic heterocycles. The normalized spacial score (nSPS) is 23.9. The molecule has 0 aliphatic carbocycles. The van der Waals surface area contributed by atoms with Gasteiger partial charge in [-0.05, 0) is 12.8 Å². The molecule has 15 heavy (non-hydrogen) atoms. The van der Waals surface area contributed by atoms with E-state index < -0.39 is 15.9 Å². The molecule has 7 heteroatoms. The molecule has 0 aromatic heterocycles. The monoisotopic (exact) mass is 229 g/mol. The predicted molar refractivity (Wildman–Crippen MR) is 54.4 cm³/mol. The Kier molecular flexibility index (Phi) is 2.26.